The molecule has 0 aliphatic heterocycles. The van der Waals surface area contributed by atoms with Gasteiger partial charge < -0.3 is 30.0 Å². The molecule has 0 saturated carbocycles. The van der Waals surface area contributed by atoms with Gasteiger partial charge in [-0.05, 0) is 73.5 Å². The van der Waals surface area contributed by atoms with Crippen LogP contribution in [0.4, 0.5) is 22.7 Å². The number of benzene rings is 4. The van der Waals surface area contributed by atoms with Gasteiger partial charge in [-0.25, -0.2) is 16.8 Å². The summed E-state index contributed by atoms with van der Waals surface area (Å²) < 4.78 is 71.9. The van der Waals surface area contributed by atoms with Crippen LogP contribution < -0.4 is 10.6 Å². The summed E-state index contributed by atoms with van der Waals surface area (Å²) in [6, 6.07) is 12.4. The largest absolute Gasteiger partial charge is 0.744 e. The van der Waals surface area contributed by atoms with Crippen molar-refractivity contribution in [2.75, 3.05) is 10.6 Å². The topological polar surface area (TPSA) is 213 Å². The van der Waals surface area contributed by atoms with Crippen molar-refractivity contribution in [3.05, 3.63) is 94.0 Å². The molecule has 0 unspecified atom stereocenters. The molecule has 4 N–H and O–H groups in total. The molecule has 0 saturated heterocycles. The van der Waals surface area contributed by atoms with Crippen molar-refractivity contribution < 1.29 is 45.7 Å². The van der Waals surface area contributed by atoms with E-state index in [-0.39, 0.29) is 33.9 Å². The highest BCUT2D eigenvalue weighted by Crippen LogP contribution is 2.44. The van der Waals surface area contributed by atoms with Crippen LogP contribution in [0.25, 0.3) is 0 Å². The number of phenols is 2. The van der Waals surface area contributed by atoms with Crippen LogP contribution in [0.2, 0.25) is 0 Å². The fourth-order valence-electron chi connectivity index (χ4n) is 4.74. The number of hydrogen-bond donors (Lipinski definition) is 4. The van der Waals surface area contributed by atoms with Crippen molar-refractivity contribution in [2.45, 2.75) is 23.6 Å². The molecule has 0 spiro atoms. The van der Waals surface area contributed by atoms with E-state index in [4.69, 9.17) is 0 Å². The van der Waals surface area contributed by atoms with E-state index < -0.39 is 64.2 Å². The molecule has 0 amide bonds. The SMILES string of the molecule is Cc1ccc(Nc2ccc(Nc3ccc(C)cc3S(=O)(=O)[O-])c3c2C(=O)c2c(O)ccc(O)c2C3=O)c(S(=O)(=O)[O-])c1. The van der Waals surface area contributed by atoms with Crippen LogP contribution in [0.3, 0.4) is 0 Å². The molecule has 1 aliphatic rings. The Morgan fingerprint density at radius 1 is 0.548 bits per heavy atom. The number of carbonyl (C=O) groups excluding carboxylic acids is 2. The molecule has 0 atom stereocenters. The second kappa shape index (κ2) is 9.95. The number of rotatable bonds is 6. The molecule has 5 rings (SSSR count). The summed E-state index contributed by atoms with van der Waals surface area (Å²) in [6.07, 6.45) is 0. The second-order valence-corrected chi connectivity index (χ2v) is 12.3. The van der Waals surface area contributed by atoms with E-state index >= 15 is 0 Å². The minimum Gasteiger partial charge on any atom is -0.744 e. The van der Waals surface area contributed by atoms with Crippen molar-refractivity contribution in [1.82, 2.24) is 0 Å². The minimum atomic E-state index is -4.99. The lowest BCUT2D eigenvalue weighted by atomic mass is 9.81. The van der Waals surface area contributed by atoms with Gasteiger partial charge in [-0.15, -0.1) is 0 Å². The highest BCUT2D eigenvalue weighted by Gasteiger charge is 2.38. The minimum absolute atomic E-state index is 0.142. The van der Waals surface area contributed by atoms with Gasteiger partial charge >= 0.3 is 0 Å². The van der Waals surface area contributed by atoms with Gasteiger partial charge in [0.2, 0.25) is 11.6 Å². The smallest absolute Gasteiger partial charge is 0.200 e. The Balaban J connectivity index is 1.77. The Labute approximate surface area is 239 Å². The zero-order valence-electron chi connectivity index (χ0n) is 21.8. The third kappa shape index (κ3) is 4.96. The number of anilines is 4. The van der Waals surface area contributed by atoms with E-state index in [9.17, 15) is 45.7 Å². The van der Waals surface area contributed by atoms with E-state index in [0.717, 1.165) is 24.3 Å². The van der Waals surface area contributed by atoms with E-state index in [2.05, 4.69) is 10.6 Å². The summed E-state index contributed by atoms with van der Waals surface area (Å²) in [5.41, 5.74) is -1.59. The van der Waals surface area contributed by atoms with E-state index in [0.29, 0.717) is 11.1 Å². The molecule has 0 aromatic heterocycles. The molecule has 4 aromatic carbocycles. The number of ketones is 2. The van der Waals surface area contributed by atoms with Crippen molar-refractivity contribution in [3.63, 3.8) is 0 Å². The Morgan fingerprint density at radius 2 is 0.881 bits per heavy atom. The van der Waals surface area contributed by atoms with Gasteiger partial charge in [-0.3, -0.25) is 9.59 Å². The Kier molecular flexibility index (Phi) is 6.82. The quantitative estimate of drug-likeness (QED) is 0.160. The van der Waals surface area contributed by atoms with Crippen LogP contribution in [0.5, 0.6) is 11.5 Å². The van der Waals surface area contributed by atoms with Gasteiger partial charge in [0.05, 0.1) is 54.8 Å². The van der Waals surface area contributed by atoms with Crippen LogP contribution >= 0.6 is 0 Å². The van der Waals surface area contributed by atoms with Gasteiger partial charge in [-0.2, -0.15) is 0 Å². The number of hydrogen-bond acceptors (Lipinski definition) is 12. The van der Waals surface area contributed by atoms with Crippen molar-refractivity contribution >= 4 is 54.6 Å². The van der Waals surface area contributed by atoms with E-state index in [1.807, 2.05) is 0 Å². The van der Waals surface area contributed by atoms with Gasteiger partial charge in [0.1, 0.15) is 31.7 Å². The maximum atomic E-state index is 13.8. The molecule has 12 nitrogen and oxygen atoms in total. The summed E-state index contributed by atoms with van der Waals surface area (Å²) in [5, 5.41) is 26.4. The molecular formula is C28H20N2O10S2-2. The van der Waals surface area contributed by atoms with Crippen LogP contribution in [-0.2, 0) is 20.2 Å². The van der Waals surface area contributed by atoms with Crippen molar-refractivity contribution in [2.24, 2.45) is 0 Å². The molecular weight excluding hydrogens is 588 g/mol. The molecule has 0 bridgehead atoms. The van der Waals surface area contributed by atoms with Gasteiger partial charge in [0, 0.05) is 0 Å². The Hall–Kier alpha value is -4.76. The van der Waals surface area contributed by atoms with Crippen molar-refractivity contribution in [1.29, 1.82) is 0 Å². The highest BCUT2D eigenvalue weighted by molar-refractivity contribution is 7.86. The number of nitrogens with one attached hydrogen (secondary N) is 2. The number of aromatic hydroxyl groups is 2. The van der Waals surface area contributed by atoms with Crippen molar-refractivity contribution in [3.8, 4) is 11.5 Å². The maximum absolute atomic E-state index is 13.8. The predicted molar refractivity (Wildman–Crippen MR) is 148 cm³/mol. The highest BCUT2D eigenvalue weighted by atomic mass is 32.2. The average Bonchev–Trinajstić information content (AvgIpc) is 2.90. The monoisotopic (exact) mass is 608 g/mol. The van der Waals surface area contributed by atoms with Crippen LogP contribution in [-0.4, -0.2) is 47.7 Å². The number of aryl methyl sites for hydroxylation is 2. The molecule has 0 heterocycles. The fourth-order valence-corrected chi connectivity index (χ4v) is 6.18. The first-order valence-electron chi connectivity index (χ1n) is 12.1. The zero-order chi connectivity index (χ0) is 30.7. The maximum Gasteiger partial charge on any atom is 0.200 e. The van der Waals surface area contributed by atoms with E-state index in [1.54, 1.807) is 13.8 Å². The molecule has 1 aliphatic carbocycles. The predicted octanol–water partition coefficient (Wildman–Crippen LogP) is 3.79. The van der Waals surface area contributed by atoms with Gasteiger partial charge in [0.15, 0.2) is 0 Å². The molecule has 0 fully saturated rings. The summed E-state index contributed by atoms with van der Waals surface area (Å²) in [4.78, 5) is 26.4. The lowest BCUT2D eigenvalue weighted by Crippen LogP contribution is -2.24. The normalized spacial score (nSPS) is 13.0. The lowest BCUT2D eigenvalue weighted by Gasteiger charge is -2.26. The summed E-state index contributed by atoms with van der Waals surface area (Å²) in [5.74, 6) is -3.13. The van der Waals surface area contributed by atoms with Crippen LogP contribution in [0.15, 0.2) is 70.5 Å². The number of phenolic OH excluding ortho intramolecular Hbond substituents is 2. The van der Waals surface area contributed by atoms with Gasteiger partial charge in [-0.1, -0.05) is 12.1 Å². The van der Waals surface area contributed by atoms with Gasteiger partial charge in [0.25, 0.3) is 0 Å². The lowest BCUT2D eigenvalue weighted by molar-refractivity contribution is 0.0975. The zero-order valence-corrected chi connectivity index (χ0v) is 23.4. The summed E-state index contributed by atoms with van der Waals surface area (Å²) >= 11 is 0. The summed E-state index contributed by atoms with van der Waals surface area (Å²) in [6.45, 7) is 3.13. The molecule has 42 heavy (non-hydrogen) atoms. The molecule has 0 radical (unpaired) electrons. The third-order valence-electron chi connectivity index (χ3n) is 6.63. The summed E-state index contributed by atoms with van der Waals surface area (Å²) in [7, 11) is -9.98. The Morgan fingerprint density at radius 3 is 1.21 bits per heavy atom. The first-order chi connectivity index (χ1) is 19.6. The molecule has 14 heteroatoms. The third-order valence-corrected chi connectivity index (χ3v) is 8.38. The van der Waals surface area contributed by atoms with Crippen LogP contribution in [0, 0.1) is 13.8 Å². The molecule has 4 aromatic rings. The first-order valence-corrected chi connectivity index (χ1v) is 14.9. The van der Waals surface area contributed by atoms with Crippen LogP contribution in [0.1, 0.15) is 43.0 Å². The number of fused-ring (bicyclic) bond motifs is 2. The Bertz CT molecular complexity index is 1920. The molecule has 216 valence electrons. The standard InChI is InChI=1S/C28H22N2O10S2/c1-13-3-5-15(21(11-13)41(35,36)37)29-17-7-8-18(30-16-6-4-14(2)12-22(16)42(38,39)40)24-23(17)27(33)25-19(31)9-10-20(32)26(25)28(24)34/h3-12,29-32H,1-2H3,(H,35,36,37)(H,38,39,40)/p-2. The second-order valence-electron chi connectivity index (χ2n) is 9.58. The first kappa shape index (κ1) is 28.8. The fraction of sp³-hybridized carbons (Fsp3) is 0.0714. The van der Waals surface area contributed by atoms with E-state index in [1.165, 1.54) is 36.4 Å². The number of carbonyl (C=O) groups is 2. The average molecular weight is 609 g/mol.